The van der Waals surface area contributed by atoms with Crippen molar-refractivity contribution in [2.75, 3.05) is 20.2 Å². The molecule has 0 saturated heterocycles. The SMILES string of the molecule is CCNC(=NCc1nc(C)c(C)s1)NCCc1ccc(C)c(OC)c1.I. The lowest BCUT2D eigenvalue weighted by Crippen LogP contribution is -2.38. The fourth-order valence-electron chi connectivity index (χ4n) is 2.44. The van der Waals surface area contributed by atoms with E-state index in [1.165, 1.54) is 10.4 Å². The third-order valence-corrected chi connectivity index (χ3v) is 5.03. The van der Waals surface area contributed by atoms with Crippen LogP contribution < -0.4 is 15.4 Å². The van der Waals surface area contributed by atoms with E-state index in [0.717, 1.165) is 47.5 Å². The number of aliphatic imine (C=N–C) groups is 1. The zero-order valence-corrected chi connectivity index (χ0v) is 19.3. The molecule has 0 radical (unpaired) electrons. The number of methoxy groups -OCH3 is 1. The molecule has 144 valence electrons. The average molecular weight is 488 g/mol. The van der Waals surface area contributed by atoms with Crippen LogP contribution in [-0.2, 0) is 13.0 Å². The molecule has 1 heterocycles. The number of aryl methyl sites for hydroxylation is 3. The van der Waals surface area contributed by atoms with Crippen LogP contribution >= 0.6 is 35.3 Å². The molecule has 0 aliphatic heterocycles. The second-order valence-corrected chi connectivity index (χ2v) is 7.21. The highest BCUT2D eigenvalue weighted by Crippen LogP contribution is 2.19. The van der Waals surface area contributed by atoms with Crippen molar-refractivity contribution in [2.45, 2.75) is 40.7 Å². The second kappa shape index (κ2) is 11.4. The zero-order valence-electron chi connectivity index (χ0n) is 16.2. The van der Waals surface area contributed by atoms with Crippen LogP contribution in [-0.4, -0.2) is 31.1 Å². The number of benzene rings is 1. The summed E-state index contributed by atoms with van der Waals surface area (Å²) in [6, 6.07) is 6.34. The topological polar surface area (TPSA) is 58.5 Å². The molecule has 0 fully saturated rings. The normalized spacial score (nSPS) is 11.0. The lowest BCUT2D eigenvalue weighted by molar-refractivity contribution is 0.411. The van der Waals surface area contributed by atoms with Crippen molar-refractivity contribution >= 4 is 41.3 Å². The zero-order chi connectivity index (χ0) is 18.2. The van der Waals surface area contributed by atoms with Gasteiger partial charge >= 0.3 is 0 Å². The summed E-state index contributed by atoms with van der Waals surface area (Å²) in [5.41, 5.74) is 3.50. The minimum absolute atomic E-state index is 0. The van der Waals surface area contributed by atoms with Gasteiger partial charge in [-0.2, -0.15) is 0 Å². The molecule has 5 nitrogen and oxygen atoms in total. The molecule has 2 aromatic rings. The molecule has 0 aliphatic rings. The van der Waals surface area contributed by atoms with Gasteiger partial charge in [-0.25, -0.2) is 9.98 Å². The number of guanidine groups is 1. The number of nitrogens with one attached hydrogen (secondary N) is 2. The number of hydrogen-bond acceptors (Lipinski definition) is 4. The molecular weight excluding hydrogens is 459 g/mol. The molecule has 0 unspecified atom stereocenters. The largest absolute Gasteiger partial charge is 0.496 e. The van der Waals surface area contributed by atoms with Crippen molar-refractivity contribution in [1.29, 1.82) is 0 Å². The van der Waals surface area contributed by atoms with Crippen molar-refractivity contribution in [1.82, 2.24) is 15.6 Å². The van der Waals surface area contributed by atoms with E-state index >= 15 is 0 Å². The number of rotatable bonds is 7. The fourth-order valence-corrected chi connectivity index (χ4v) is 3.30. The molecule has 1 aromatic carbocycles. The van der Waals surface area contributed by atoms with Gasteiger partial charge in [0.2, 0.25) is 0 Å². The van der Waals surface area contributed by atoms with E-state index in [1.54, 1.807) is 18.4 Å². The maximum absolute atomic E-state index is 5.39. The van der Waals surface area contributed by atoms with Gasteiger partial charge < -0.3 is 15.4 Å². The maximum atomic E-state index is 5.39. The average Bonchev–Trinajstić information content (AvgIpc) is 2.92. The molecular formula is C19H29IN4OS. The van der Waals surface area contributed by atoms with Gasteiger partial charge in [0, 0.05) is 18.0 Å². The van der Waals surface area contributed by atoms with Crippen LogP contribution in [0.2, 0.25) is 0 Å². The first-order chi connectivity index (χ1) is 12.0. The van der Waals surface area contributed by atoms with Gasteiger partial charge in [-0.3, -0.25) is 0 Å². The summed E-state index contributed by atoms with van der Waals surface area (Å²) in [4.78, 5) is 10.4. The summed E-state index contributed by atoms with van der Waals surface area (Å²) < 4.78 is 5.39. The van der Waals surface area contributed by atoms with Gasteiger partial charge in [-0.15, -0.1) is 35.3 Å². The predicted octanol–water partition coefficient (Wildman–Crippen LogP) is 3.99. The highest BCUT2D eigenvalue weighted by atomic mass is 127. The number of hydrogen-bond donors (Lipinski definition) is 2. The summed E-state index contributed by atoms with van der Waals surface area (Å²) in [6.45, 7) is 10.5. The van der Waals surface area contributed by atoms with Gasteiger partial charge in [0.15, 0.2) is 5.96 Å². The lowest BCUT2D eigenvalue weighted by Gasteiger charge is -2.12. The Bertz CT molecular complexity index is 711. The van der Waals surface area contributed by atoms with Crippen LogP contribution in [0.25, 0.3) is 0 Å². The van der Waals surface area contributed by atoms with Crippen molar-refractivity contribution in [2.24, 2.45) is 4.99 Å². The van der Waals surface area contributed by atoms with Crippen molar-refractivity contribution < 1.29 is 4.74 Å². The highest BCUT2D eigenvalue weighted by Gasteiger charge is 2.04. The Kier molecular flexibility index (Phi) is 9.93. The van der Waals surface area contributed by atoms with E-state index in [1.807, 2.05) is 6.92 Å². The monoisotopic (exact) mass is 488 g/mol. The quantitative estimate of drug-likeness (QED) is 0.352. The fraction of sp³-hybridized carbons (Fsp3) is 0.474. The number of aromatic nitrogens is 1. The van der Waals surface area contributed by atoms with Gasteiger partial charge in [0.05, 0.1) is 19.3 Å². The minimum Gasteiger partial charge on any atom is -0.496 e. The van der Waals surface area contributed by atoms with E-state index in [0.29, 0.717) is 6.54 Å². The van der Waals surface area contributed by atoms with E-state index in [9.17, 15) is 0 Å². The minimum atomic E-state index is 0. The summed E-state index contributed by atoms with van der Waals surface area (Å²) in [5, 5.41) is 7.72. The predicted molar refractivity (Wildman–Crippen MR) is 121 cm³/mol. The van der Waals surface area contributed by atoms with Crippen LogP contribution in [0.3, 0.4) is 0 Å². The lowest BCUT2D eigenvalue weighted by atomic mass is 10.1. The number of thiazole rings is 1. The van der Waals surface area contributed by atoms with Gasteiger partial charge in [-0.1, -0.05) is 12.1 Å². The summed E-state index contributed by atoms with van der Waals surface area (Å²) in [7, 11) is 1.71. The van der Waals surface area contributed by atoms with Crippen molar-refractivity contribution in [3.05, 3.63) is 44.9 Å². The first-order valence-corrected chi connectivity index (χ1v) is 9.43. The molecule has 0 aliphatic carbocycles. The molecule has 0 bridgehead atoms. The van der Waals surface area contributed by atoms with Gasteiger partial charge in [0.25, 0.3) is 0 Å². The van der Waals surface area contributed by atoms with E-state index in [4.69, 9.17) is 4.74 Å². The third kappa shape index (κ3) is 6.75. The molecule has 2 rings (SSSR count). The van der Waals surface area contributed by atoms with Crippen LogP contribution in [0, 0.1) is 20.8 Å². The first-order valence-electron chi connectivity index (χ1n) is 8.62. The van der Waals surface area contributed by atoms with E-state index < -0.39 is 0 Å². The standard InChI is InChI=1S/C19H28N4OS.HI/c1-6-20-19(22-12-18-23-14(3)15(4)25-18)21-10-9-16-8-7-13(2)17(11-16)24-5;/h7-8,11H,6,9-10,12H2,1-5H3,(H2,20,21,22);1H. The molecule has 0 amide bonds. The Hall–Kier alpha value is -1.35. The summed E-state index contributed by atoms with van der Waals surface area (Å²) in [5.74, 6) is 1.76. The molecule has 0 saturated carbocycles. The van der Waals surface area contributed by atoms with Crippen LogP contribution in [0.5, 0.6) is 5.75 Å². The van der Waals surface area contributed by atoms with Crippen LogP contribution in [0.1, 0.15) is 33.6 Å². The first kappa shape index (κ1) is 22.7. The van der Waals surface area contributed by atoms with E-state index in [2.05, 4.69) is 59.6 Å². The molecule has 1 aromatic heterocycles. The number of nitrogens with zero attached hydrogens (tertiary/aromatic N) is 2. The van der Waals surface area contributed by atoms with Crippen molar-refractivity contribution in [3.8, 4) is 5.75 Å². The maximum Gasteiger partial charge on any atom is 0.191 e. The summed E-state index contributed by atoms with van der Waals surface area (Å²) in [6.07, 6.45) is 0.913. The molecule has 0 atom stereocenters. The smallest absolute Gasteiger partial charge is 0.191 e. The Labute approximate surface area is 177 Å². The number of ether oxygens (including phenoxy) is 1. The Morgan fingerprint density at radius 2 is 2.00 bits per heavy atom. The van der Waals surface area contributed by atoms with Gasteiger partial charge in [-0.05, 0) is 51.3 Å². The van der Waals surface area contributed by atoms with Crippen LogP contribution in [0.4, 0.5) is 0 Å². The Morgan fingerprint density at radius 3 is 2.62 bits per heavy atom. The van der Waals surface area contributed by atoms with Crippen molar-refractivity contribution in [3.63, 3.8) is 0 Å². The second-order valence-electron chi connectivity index (χ2n) is 5.93. The molecule has 26 heavy (non-hydrogen) atoms. The van der Waals surface area contributed by atoms with E-state index in [-0.39, 0.29) is 24.0 Å². The van der Waals surface area contributed by atoms with Gasteiger partial charge in [0.1, 0.15) is 10.8 Å². The van der Waals surface area contributed by atoms with Crippen LogP contribution in [0.15, 0.2) is 23.2 Å². The third-order valence-electron chi connectivity index (χ3n) is 3.97. The molecule has 0 spiro atoms. The highest BCUT2D eigenvalue weighted by molar-refractivity contribution is 14.0. The Balaban J connectivity index is 0.00000338. The number of halogens is 1. The Morgan fingerprint density at radius 1 is 1.23 bits per heavy atom. The molecule has 7 heteroatoms. The summed E-state index contributed by atoms with van der Waals surface area (Å²) >= 11 is 1.71. The molecule has 2 N–H and O–H groups in total.